The van der Waals surface area contributed by atoms with Crippen LogP contribution in [0.5, 0.6) is 0 Å². The molecule has 0 unspecified atom stereocenters. The van der Waals surface area contributed by atoms with Crippen molar-refractivity contribution in [3.8, 4) is 0 Å². The van der Waals surface area contributed by atoms with E-state index in [-0.39, 0.29) is 4.90 Å². The molecule has 2 aromatic rings. The van der Waals surface area contributed by atoms with Gasteiger partial charge >= 0.3 is 0 Å². The molecule has 1 saturated heterocycles. The van der Waals surface area contributed by atoms with Gasteiger partial charge in [0, 0.05) is 39.6 Å². The van der Waals surface area contributed by atoms with Gasteiger partial charge in [-0.2, -0.15) is 5.10 Å². The Labute approximate surface area is 130 Å². The smallest absolute Gasteiger partial charge is 0.267 e. The number of nitrogens with zero attached hydrogens (tertiary/aromatic N) is 5. The van der Waals surface area contributed by atoms with Gasteiger partial charge in [-0.3, -0.25) is 8.99 Å². The number of hydrogen-bond acceptors (Lipinski definition) is 5. The lowest BCUT2D eigenvalue weighted by molar-refractivity contribution is 0.594. The molecule has 2 aromatic heterocycles. The van der Waals surface area contributed by atoms with Gasteiger partial charge in [-0.25, -0.2) is 13.4 Å². The molecule has 1 fully saturated rings. The van der Waals surface area contributed by atoms with Crippen molar-refractivity contribution in [2.24, 2.45) is 7.05 Å². The second-order valence-corrected chi connectivity index (χ2v) is 7.33. The highest BCUT2D eigenvalue weighted by Crippen LogP contribution is 2.31. The molecule has 0 bridgehead atoms. The van der Waals surface area contributed by atoms with Crippen molar-refractivity contribution in [3.05, 3.63) is 30.7 Å². The first kappa shape index (κ1) is 14.8. The fourth-order valence-electron chi connectivity index (χ4n) is 2.63. The number of rotatable bonds is 4. The van der Waals surface area contributed by atoms with E-state index in [2.05, 4.69) is 15.0 Å². The van der Waals surface area contributed by atoms with Gasteiger partial charge in [0.2, 0.25) is 0 Å². The summed E-state index contributed by atoms with van der Waals surface area (Å²) in [6.07, 6.45) is 6.77. The average Bonchev–Trinajstić information content (AvgIpc) is 3.18. The lowest BCUT2D eigenvalue weighted by atomic mass is 10.3. The van der Waals surface area contributed by atoms with Crippen LogP contribution in [-0.2, 0) is 17.1 Å². The number of anilines is 2. The number of pyridine rings is 1. The van der Waals surface area contributed by atoms with Gasteiger partial charge < -0.3 is 4.90 Å². The summed E-state index contributed by atoms with van der Waals surface area (Å²) in [4.78, 5) is 6.70. The molecule has 0 aromatic carbocycles. The Morgan fingerprint density at radius 3 is 2.64 bits per heavy atom. The maximum Gasteiger partial charge on any atom is 0.267 e. The van der Waals surface area contributed by atoms with Crippen molar-refractivity contribution in [3.63, 3.8) is 0 Å². The van der Waals surface area contributed by atoms with Crippen LogP contribution in [0.25, 0.3) is 0 Å². The van der Waals surface area contributed by atoms with Gasteiger partial charge in [0.15, 0.2) is 5.82 Å². The van der Waals surface area contributed by atoms with Crippen molar-refractivity contribution < 1.29 is 8.42 Å². The predicted octanol–water partition coefficient (Wildman–Crippen LogP) is 1.24. The third-order valence-corrected chi connectivity index (χ3v) is 5.57. The number of aryl methyl sites for hydroxylation is 1. The largest absolute Gasteiger partial charge is 0.355 e. The molecule has 0 atom stereocenters. The zero-order valence-electron chi connectivity index (χ0n) is 12.7. The minimum absolute atomic E-state index is 0.175. The van der Waals surface area contributed by atoms with Crippen molar-refractivity contribution >= 4 is 21.5 Å². The van der Waals surface area contributed by atoms with E-state index < -0.39 is 10.0 Å². The first-order chi connectivity index (χ1) is 10.5. The second kappa shape index (κ2) is 5.60. The minimum Gasteiger partial charge on any atom is -0.355 e. The van der Waals surface area contributed by atoms with Gasteiger partial charge in [-0.05, 0) is 25.0 Å². The van der Waals surface area contributed by atoms with Crippen LogP contribution in [0, 0.1) is 0 Å². The molecule has 1 aliphatic rings. The predicted molar refractivity (Wildman–Crippen MR) is 84.5 cm³/mol. The van der Waals surface area contributed by atoms with Gasteiger partial charge in [-0.1, -0.05) is 0 Å². The summed E-state index contributed by atoms with van der Waals surface area (Å²) < 4.78 is 28.2. The lowest BCUT2D eigenvalue weighted by Gasteiger charge is -2.25. The number of sulfonamides is 1. The average molecular weight is 321 g/mol. The molecule has 118 valence electrons. The van der Waals surface area contributed by atoms with Crippen LogP contribution in [-0.4, -0.2) is 43.3 Å². The zero-order chi connectivity index (χ0) is 15.7. The fourth-order valence-corrected chi connectivity index (χ4v) is 3.81. The Hall–Kier alpha value is -2.09. The van der Waals surface area contributed by atoms with E-state index in [4.69, 9.17) is 0 Å². The van der Waals surface area contributed by atoms with Gasteiger partial charge in [0.05, 0.1) is 11.9 Å². The highest BCUT2D eigenvalue weighted by Gasteiger charge is 2.27. The number of hydrogen-bond donors (Lipinski definition) is 0. The Morgan fingerprint density at radius 2 is 2.00 bits per heavy atom. The zero-order valence-corrected chi connectivity index (χ0v) is 13.5. The molecular weight excluding hydrogens is 302 g/mol. The van der Waals surface area contributed by atoms with E-state index in [1.807, 2.05) is 0 Å². The van der Waals surface area contributed by atoms with Crippen molar-refractivity contribution in [2.75, 3.05) is 29.3 Å². The third-order valence-electron chi connectivity index (χ3n) is 3.85. The Kier molecular flexibility index (Phi) is 3.78. The summed E-state index contributed by atoms with van der Waals surface area (Å²) in [7, 11) is -0.392. The lowest BCUT2D eigenvalue weighted by Crippen LogP contribution is -2.29. The first-order valence-corrected chi connectivity index (χ1v) is 8.62. The van der Waals surface area contributed by atoms with E-state index in [0.717, 1.165) is 31.7 Å². The summed E-state index contributed by atoms with van der Waals surface area (Å²) in [6, 6.07) is 3.54. The molecule has 0 N–H and O–H groups in total. The molecule has 7 nitrogen and oxygen atoms in total. The molecule has 0 spiro atoms. The normalized spacial score (nSPS) is 15.3. The van der Waals surface area contributed by atoms with Crippen LogP contribution >= 0.6 is 0 Å². The third kappa shape index (κ3) is 2.54. The molecular formula is C14H19N5O2S. The molecule has 8 heteroatoms. The Bertz CT molecular complexity index is 765. The van der Waals surface area contributed by atoms with E-state index in [0.29, 0.717) is 5.69 Å². The van der Waals surface area contributed by atoms with Crippen LogP contribution < -0.4 is 9.21 Å². The molecule has 1 aliphatic heterocycles. The molecule has 0 amide bonds. The molecule has 3 rings (SSSR count). The van der Waals surface area contributed by atoms with Crippen LogP contribution in [0.15, 0.2) is 35.6 Å². The maximum absolute atomic E-state index is 12.7. The van der Waals surface area contributed by atoms with Crippen molar-refractivity contribution in [2.45, 2.75) is 17.7 Å². The fraction of sp³-hybridized carbons (Fsp3) is 0.429. The highest BCUT2D eigenvalue weighted by molar-refractivity contribution is 7.92. The van der Waals surface area contributed by atoms with Gasteiger partial charge in [0.25, 0.3) is 10.0 Å². The molecule has 0 aliphatic carbocycles. The first-order valence-electron chi connectivity index (χ1n) is 7.18. The molecule has 0 saturated carbocycles. The SMILES string of the molecule is CN(c1cccnc1N1CCCC1)S(=O)(=O)c1cnn(C)c1. The van der Waals surface area contributed by atoms with Crippen LogP contribution in [0.4, 0.5) is 11.5 Å². The van der Waals surface area contributed by atoms with E-state index in [1.54, 1.807) is 32.4 Å². The maximum atomic E-state index is 12.7. The quantitative estimate of drug-likeness (QED) is 0.847. The molecule has 3 heterocycles. The van der Waals surface area contributed by atoms with Gasteiger partial charge in [-0.15, -0.1) is 0 Å². The van der Waals surface area contributed by atoms with Crippen LogP contribution in [0.3, 0.4) is 0 Å². The Morgan fingerprint density at radius 1 is 1.27 bits per heavy atom. The van der Waals surface area contributed by atoms with Crippen molar-refractivity contribution in [1.82, 2.24) is 14.8 Å². The van der Waals surface area contributed by atoms with E-state index >= 15 is 0 Å². The summed E-state index contributed by atoms with van der Waals surface area (Å²) >= 11 is 0. The summed E-state index contributed by atoms with van der Waals surface area (Å²) in [6.45, 7) is 1.82. The monoisotopic (exact) mass is 321 g/mol. The highest BCUT2D eigenvalue weighted by atomic mass is 32.2. The van der Waals surface area contributed by atoms with Crippen molar-refractivity contribution in [1.29, 1.82) is 0 Å². The number of aromatic nitrogens is 3. The van der Waals surface area contributed by atoms with Gasteiger partial charge in [0.1, 0.15) is 4.90 Å². The summed E-state index contributed by atoms with van der Waals surface area (Å²) in [5.41, 5.74) is 0.591. The van der Waals surface area contributed by atoms with E-state index in [9.17, 15) is 8.42 Å². The van der Waals surface area contributed by atoms with Crippen LogP contribution in [0.2, 0.25) is 0 Å². The van der Waals surface area contributed by atoms with E-state index in [1.165, 1.54) is 21.4 Å². The standard InChI is InChI=1S/C14H19N5O2S/c1-17-11-12(10-16-17)22(20,21)18(2)13-6-5-7-15-14(13)19-8-3-4-9-19/h5-7,10-11H,3-4,8-9H2,1-2H3. The molecule has 22 heavy (non-hydrogen) atoms. The second-order valence-electron chi connectivity index (χ2n) is 5.36. The van der Waals surface area contributed by atoms with Crippen LogP contribution in [0.1, 0.15) is 12.8 Å². The Balaban J connectivity index is 2.00. The molecule has 0 radical (unpaired) electrons. The minimum atomic E-state index is -3.64. The summed E-state index contributed by atoms with van der Waals surface area (Å²) in [5, 5.41) is 3.94. The summed E-state index contributed by atoms with van der Waals surface area (Å²) in [5.74, 6) is 0.718. The topological polar surface area (TPSA) is 71.3 Å².